The number of amides is 3. The van der Waals surface area contributed by atoms with E-state index in [4.69, 9.17) is 23.2 Å². The third kappa shape index (κ3) is 5.29. The van der Waals surface area contributed by atoms with E-state index in [1.165, 1.54) is 12.8 Å². The Morgan fingerprint density at radius 3 is 2.33 bits per heavy atom. The molecule has 1 atom stereocenters. The lowest BCUT2D eigenvalue weighted by molar-refractivity contribution is -0.129. The zero-order valence-electron chi connectivity index (χ0n) is 15.6. The van der Waals surface area contributed by atoms with Crippen molar-refractivity contribution in [2.45, 2.75) is 57.5 Å². The number of carbonyl (C=O) groups is 2. The van der Waals surface area contributed by atoms with Gasteiger partial charge in [-0.1, -0.05) is 42.1 Å². The molecule has 1 aromatic carbocycles. The van der Waals surface area contributed by atoms with Gasteiger partial charge in [-0.3, -0.25) is 4.79 Å². The number of urea groups is 1. The molecule has 5 nitrogen and oxygen atoms in total. The van der Waals surface area contributed by atoms with Gasteiger partial charge in [-0.2, -0.15) is 0 Å². The maximum absolute atomic E-state index is 12.7. The van der Waals surface area contributed by atoms with Gasteiger partial charge < -0.3 is 15.5 Å². The smallest absolute Gasteiger partial charge is 0.315 e. The summed E-state index contributed by atoms with van der Waals surface area (Å²) in [4.78, 5) is 25.9. The van der Waals surface area contributed by atoms with E-state index >= 15 is 0 Å². The quantitative estimate of drug-likeness (QED) is 0.763. The van der Waals surface area contributed by atoms with Crippen LogP contribution in [0.5, 0.6) is 0 Å². The van der Waals surface area contributed by atoms with E-state index in [1.54, 1.807) is 13.0 Å². The summed E-state index contributed by atoms with van der Waals surface area (Å²) in [6, 6.07) is 5.47. The average Bonchev–Trinajstić information content (AvgIpc) is 3.17. The molecule has 148 valence electrons. The SMILES string of the molecule is CC(=O)N1CCC(NC(=O)N[C@@H](c2ccc(Cl)c(Cl)c2)C2CCCC2)CC1. The molecule has 0 aromatic heterocycles. The van der Waals surface area contributed by atoms with Crippen molar-refractivity contribution in [1.29, 1.82) is 0 Å². The summed E-state index contributed by atoms with van der Waals surface area (Å²) in [5.41, 5.74) is 0.998. The molecule has 2 aliphatic rings. The maximum atomic E-state index is 12.7. The molecule has 1 aliphatic heterocycles. The first-order valence-corrected chi connectivity index (χ1v) is 10.5. The molecular weight excluding hydrogens is 385 g/mol. The third-order valence-corrected chi connectivity index (χ3v) is 6.48. The fourth-order valence-corrected chi connectivity index (χ4v) is 4.48. The topological polar surface area (TPSA) is 61.4 Å². The zero-order chi connectivity index (χ0) is 19.4. The van der Waals surface area contributed by atoms with Crippen LogP contribution in [-0.4, -0.2) is 36.0 Å². The molecule has 1 aromatic rings. The van der Waals surface area contributed by atoms with Gasteiger partial charge in [-0.15, -0.1) is 0 Å². The molecule has 3 rings (SSSR count). The highest BCUT2D eigenvalue weighted by Gasteiger charge is 2.29. The Morgan fingerprint density at radius 1 is 1.07 bits per heavy atom. The third-order valence-electron chi connectivity index (χ3n) is 5.74. The number of piperidine rings is 1. The Kier molecular flexibility index (Phi) is 6.88. The minimum Gasteiger partial charge on any atom is -0.343 e. The molecule has 7 heteroatoms. The molecule has 0 radical (unpaired) electrons. The summed E-state index contributed by atoms with van der Waals surface area (Å²) >= 11 is 12.3. The van der Waals surface area contributed by atoms with E-state index in [1.807, 2.05) is 17.0 Å². The summed E-state index contributed by atoms with van der Waals surface area (Å²) < 4.78 is 0. The molecule has 2 N–H and O–H groups in total. The molecule has 3 amide bonds. The summed E-state index contributed by atoms with van der Waals surface area (Å²) in [6.07, 6.45) is 6.15. The number of nitrogens with one attached hydrogen (secondary N) is 2. The van der Waals surface area contributed by atoms with Gasteiger partial charge >= 0.3 is 6.03 Å². The van der Waals surface area contributed by atoms with Crippen molar-refractivity contribution in [2.75, 3.05) is 13.1 Å². The summed E-state index contributed by atoms with van der Waals surface area (Å²) in [7, 11) is 0. The molecule has 0 unspecified atom stereocenters. The second kappa shape index (κ2) is 9.16. The summed E-state index contributed by atoms with van der Waals surface area (Å²) in [5.74, 6) is 0.506. The minimum absolute atomic E-state index is 0.0698. The number of benzene rings is 1. The first-order chi connectivity index (χ1) is 12.9. The van der Waals surface area contributed by atoms with Gasteiger partial charge in [-0.05, 0) is 49.3 Å². The highest BCUT2D eigenvalue weighted by Crippen LogP contribution is 2.37. The molecule has 1 saturated heterocycles. The van der Waals surface area contributed by atoms with E-state index < -0.39 is 0 Å². The predicted molar refractivity (Wildman–Crippen MR) is 108 cm³/mol. The number of hydrogen-bond donors (Lipinski definition) is 2. The minimum atomic E-state index is -0.153. The Balaban J connectivity index is 1.62. The van der Waals surface area contributed by atoms with Crippen molar-refractivity contribution in [2.24, 2.45) is 5.92 Å². The van der Waals surface area contributed by atoms with Gasteiger partial charge in [0.25, 0.3) is 0 Å². The Morgan fingerprint density at radius 2 is 1.74 bits per heavy atom. The molecule has 0 spiro atoms. The first kappa shape index (κ1) is 20.3. The summed E-state index contributed by atoms with van der Waals surface area (Å²) in [5, 5.41) is 7.28. The molecule has 1 saturated carbocycles. The average molecular weight is 412 g/mol. The molecule has 27 heavy (non-hydrogen) atoms. The molecule has 0 bridgehead atoms. The van der Waals surface area contributed by atoms with Crippen LogP contribution in [0, 0.1) is 5.92 Å². The highest BCUT2D eigenvalue weighted by molar-refractivity contribution is 6.42. The van der Waals surface area contributed by atoms with Crippen LogP contribution in [0.4, 0.5) is 4.79 Å². The standard InChI is InChI=1S/C20H27Cl2N3O2/c1-13(26)25-10-8-16(9-11-25)23-20(27)24-19(14-4-2-3-5-14)15-6-7-17(21)18(22)12-15/h6-7,12,14,16,19H,2-5,8-11H2,1H3,(H2,23,24,27)/t19-/m1/s1. The Hall–Kier alpha value is -1.46. The van der Waals surface area contributed by atoms with Gasteiger partial charge in [0, 0.05) is 26.1 Å². The van der Waals surface area contributed by atoms with Crippen LogP contribution in [-0.2, 0) is 4.79 Å². The Bertz CT molecular complexity index is 684. The lowest BCUT2D eigenvalue weighted by atomic mass is 9.91. The zero-order valence-corrected chi connectivity index (χ0v) is 17.2. The second-order valence-electron chi connectivity index (χ2n) is 7.59. The van der Waals surface area contributed by atoms with Crippen LogP contribution in [0.25, 0.3) is 0 Å². The van der Waals surface area contributed by atoms with E-state index in [-0.39, 0.29) is 24.0 Å². The Labute approximate surface area is 170 Å². The number of likely N-dealkylation sites (tertiary alicyclic amines) is 1. The van der Waals surface area contributed by atoms with E-state index in [0.29, 0.717) is 29.1 Å². The van der Waals surface area contributed by atoms with Crippen LogP contribution in [0.1, 0.15) is 57.1 Å². The lowest BCUT2D eigenvalue weighted by Gasteiger charge is -2.32. The van der Waals surface area contributed by atoms with Crippen LogP contribution in [0.3, 0.4) is 0 Å². The van der Waals surface area contributed by atoms with Gasteiger partial charge in [0.15, 0.2) is 0 Å². The van der Waals surface area contributed by atoms with E-state index in [2.05, 4.69) is 10.6 Å². The number of nitrogens with zero attached hydrogens (tertiary/aromatic N) is 1. The van der Waals surface area contributed by atoms with Crippen molar-refractivity contribution in [1.82, 2.24) is 15.5 Å². The largest absolute Gasteiger partial charge is 0.343 e. The highest BCUT2D eigenvalue weighted by atomic mass is 35.5. The van der Waals surface area contributed by atoms with Crippen molar-refractivity contribution >= 4 is 35.1 Å². The first-order valence-electron chi connectivity index (χ1n) is 9.71. The van der Waals surface area contributed by atoms with Gasteiger partial charge in [0.2, 0.25) is 5.91 Å². The van der Waals surface area contributed by atoms with Crippen LogP contribution in [0.2, 0.25) is 10.0 Å². The van der Waals surface area contributed by atoms with Gasteiger partial charge in [0.05, 0.1) is 16.1 Å². The van der Waals surface area contributed by atoms with E-state index in [0.717, 1.165) is 31.2 Å². The number of carbonyl (C=O) groups excluding carboxylic acids is 2. The summed E-state index contributed by atoms with van der Waals surface area (Å²) in [6.45, 7) is 2.97. The molecule has 1 heterocycles. The second-order valence-corrected chi connectivity index (χ2v) is 8.41. The van der Waals surface area contributed by atoms with Crippen molar-refractivity contribution < 1.29 is 9.59 Å². The lowest BCUT2D eigenvalue weighted by Crippen LogP contribution is -2.49. The van der Waals surface area contributed by atoms with Crippen molar-refractivity contribution in [3.63, 3.8) is 0 Å². The van der Waals surface area contributed by atoms with E-state index in [9.17, 15) is 9.59 Å². The monoisotopic (exact) mass is 411 g/mol. The van der Waals surface area contributed by atoms with Crippen molar-refractivity contribution in [3.8, 4) is 0 Å². The predicted octanol–water partition coefficient (Wildman–Crippen LogP) is 4.53. The molecule has 1 aliphatic carbocycles. The van der Waals surface area contributed by atoms with Crippen molar-refractivity contribution in [3.05, 3.63) is 33.8 Å². The maximum Gasteiger partial charge on any atom is 0.315 e. The van der Waals surface area contributed by atoms with Gasteiger partial charge in [-0.25, -0.2) is 4.79 Å². The number of hydrogen-bond acceptors (Lipinski definition) is 2. The normalized spacial score (nSPS) is 19.7. The molecule has 2 fully saturated rings. The fourth-order valence-electron chi connectivity index (χ4n) is 4.18. The fraction of sp³-hybridized carbons (Fsp3) is 0.600. The number of halogens is 2. The van der Waals surface area contributed by atoms with Crippen LogP contribution in [0.15, 0.2) is 18.2 Å². The van der Waals surface area contributed by atoms with Crippen LogP contribution < -0.4 is 10.6 Å². The molecular formula is C20H27Cl2N3O2. The number of rotatable bonds is 4. The van der Waals surface area contributed by atoms with Gasteiger partial charge in [0.1, 0.15) is 0 Å². The van der Waals surface area contributed by atoms with Crippen LogP contribution >= 0.6 is 23.2 Å².